The molecule has 41 heavy (non-hydrogen) atoms. The van der Waals surface area contributed by atoms with Gasteiger partial charge in [0.05, 0.1) is 13.2 Å². The summed E-state index contributed by atoms with van der Waals surface area (Å²) in [7, 11) is 0. The lowest BCUT2D eigenvalue weighted by molar-refractivity contribution is 0.122. The minimum absolute atomic E-state index is 0.517. The normalized spacial score (nSPS) is 19.7. The molecule has 0 spiro atoms. The minimum atomic E-state index is 0.517. The van der Waals surface area contributed by atoms with Gasteiger partial charge in [0, 0.05) is 60.5 Å². The molecule has 1 N–H and O–H groups in total. The van der Waals surface area contributed by atoms with E-state index in [1.165, 1.54) is 71.3 Å². The van der Waals surface area contributed by atoms with Crippen LogP contribution in [-0.4, -0.2) is 52.5 Å². The standard InChI is InChI=1S/C36H36BrN3O/c37-34-23-27-22-28(39-15-13-38-14-16-39)8-12-29(27)33-11-7-25-21-26(6-9-30(25)35(33)34)32-10-5-24-3-1-2-4-31(24)36(32)40-17-19-41-20-18-40/h1-5,7-8,10-12,22-23,26,38H,6,9,13-21H2. The van der Waals surface area contributed by atoms with Crippen LogP contribution in [0.15, 0.2) is 77.3 Å². The van der Waals surface area contributed by atoms with E-state index in [4.69, 9.17) is 4.74 Å². The third-order valence-corrected chi connectivity index (χ3v) is 10.3. The molecule has 208 valence electrons. The van der Waals surface area contributed by atoms with Crippen LogP contribution in [0.3, 0.4) is 0 Å². The Bertz CT molecular complexity index is 1770. The van der Waals surface area contributed by atoms with Crippen LogP contribution in [0.2, 0.25) is 0 Å². The van der Waals surface area contributed by atoms with Gasteiger partial charge in [-0.2, -0.15) is 0 Å². The Morgan fingerprint density at radius 2 is 1.59 bits per heavy atom. The van der Waals surface area contributed by atoms with Crippen LogP contribution in [-0.2, 0) is 17.6 Å². The average molecular weight is 607 g/mol. The third kappa shape index (κ3) is 4.50. The highest BCUT2D eigenvalue weighted by Gasteiger charge is 2.28. The fraction of sp³-hybridized carbons (Fsp3) is 0.333. The van der Waals surface area contributed by atoms with Gasteiger partial charge < -0.3 is 19.9 Å². The first kappa shape index (κ1) is 25.6. The number of hydrogen-bond donors (Lipinski definition) is 1. The van der Waals surface area contributed by atoms with Crippen LogP contribution >= 0.6 is 15.9 Å². The number of rotatable bonds is 3. The summed E-state index contributed by atoms with van der Waals surface area (Å²) in [5, 5.41) is 11.6. The van der Waals surface area contributed by atoms with E-state index in [-0.39, 0.29) is 0 Å². The monoisotopic (exact) mass is 605 g/mol. The second-order valence-electron chi connectivity index (χ2n) is 11.9. The van der Waals surface area contributed by atoms with Gasteiger partial charge in [0.1, 0.15) is 0 Å². The molecule has 5 aromatic carbocycles. The van der Waals surface area contributed by atoms with Crippen molar-refractivity contribution in [3.05, 3.63) is 94.0 Å². The quantitative estimate of drug-likeness (QED) is 0.216. The van der Waals surface area contributed by atoms with Gasteiger partial charge in [-0.05, 0) is 87.0 Å². The molecule has 2 saturated heterocycles. The molecular weight excluding hydrogens is 570 g/mol. The van der Waals surface area contributed by atoms with E-state index in [0.717, 1.165) is 65.3 Å². The Balaban J connectivity index is 1.18. The number of anilines is 2. The summed E-state index contributed by atoms with van der Waals surface area (Å²) in [5.74, 6) is 0.517. The zero-order chi connectivity index (χ0) is 27.3. The number of halogens is 1. The number of piperazine rings is 1. The molecule has 0 bridgehead atoms. The Kier molecular flexibility index (Phi) is 6.62. The summed E-state index contributed by atoms with van der Waals surface area (Å²) >= 11 is 4.03. The Labute approximate surface area is 250 Å². The van der Waals surface area contributed by atoms with Crippen molar-refractivity contribution in [2.24, 2.45) is 0 Å². The number of nitrogens with one attached hydrogen (secondary N) is 1. The largest absolute Gasteiger partial charge is 0.378 e. The molecule has 1 aliphatic carbocycles. The number of fused-ring (bicyclic) bond motifs is 6. The maximum Gasteiger partial charge on any atom is 0.0642 e. The molecule has 0 saturated carbocycles. The van der Waals surface area contributed by atoms with Crippen molar-refractivity contribution in [1.29, 1.82) is 0 Å². The van der Waals surface area contributed by atoms with Crippen LogP contribution < -0.4 is 15.1 Å². The van der Waals surface area contributed by atoms with Gasteiger partial charge in [-0.3, -0.25) is 0 Å². The first-order chi connectivity index (χ1) is 20.2. The molecule has 0 amide bonds. The molecule has 3 aliphatic rings. The van der Waals surface area contributed by atoms with Crippen molar-refractivity contribution in [3.8, 4) is 0 Å². The highest BCUT2D eigenvalue weighted by Crippen LogP contribution is 2.45. The predicted octanol–water partition coefficient (Wildman–Crippen LogP) is 7.43. The van der Waals surface area contributed by atoms with E-state index in [9.17, 15) is 0 Å². The number of aryl methyl sites for hydroxylation is 1. The molecule has 8 rings (SSSR count). The summed E-state index contributed by atoms with van der Waals surface area (Å²) in [5.41, 5.74) is 7.32. The van der Waals surface area contributed by atoms with Crippen molar-refractivity contribution >= 4 is 59.6 Å². The maximum absolute atomic E-state index is 5.73. The van der Waals surface area contributed by atoms with Crippen LogP contribution in [0.1, 0.15) is 29.0 Å². The van der Waals surface area contributed by atoms with Crippen molar-refractivity contribution in [1.82, 2.24) is 5.32 Å². The molecule has 2 aliphatic heterocycles. The zero-order valence-corrected chi connectivity index (χ0v) is 25.1. The lowest BCUT2D eigenvalue weighted by Crippen LogP contribution is -2.43. The molecule has 5 heteroatoms. The van der Waals surface area contributed by atoms with Gasteiger partial charge in [-0.25, -0.2) is 0 Å². The summed E-state index contributed by atoms with van der Waals surface area (Å²) in [6, 6.07) is 27.9. The van der Waals surface area contributed by atoms with E-state index in [0.29, 0.717) is 5.92 Å². The molecule has 5 aromatic rings. The molecule has 1 atom stereocenters. The van der Waals surface area contributed by atoms with Gasteiger partial charge in [0.2, 0.25) is 0 Å². The summed E-state index contributed by atoms with van der Waals surface area (Å²) in [6.45, 7) is 7.79. The SMILES string of the molecule is Brc1cc2cc(N3CCNCC3)ccc2c2ccc3c(c12)CCC(c1ccc2ccccc2c1N1CCOCC1)C3. The number of hydrogen-bond acceptors (Lipinski definition) is 4. The van der Waals surface area contributed by atoms with E-state index in [1.807, 2.05) is 0 Å². The smallest absolute Gasteiger partial charge is 0.0642 e. The molecular formula is C36H36BrN3O. The zero-order valence-electron chi connectivity index (χ0n) is 23.5. The van der Waals surface area contributed by atoms with E-state index >= 15 is 0 Å². The van der Waals surface area contributed by atoms with Crippen LogP contribution in [0, 0.1) is 0 Å². The van der Waals surface area contributed by atoms with Crippen LogP contribution in [0.25, 0.3) is 32.3 Å². The summed E-state index contributed by atoms with van der Waals surface area (Å²) in [4.78, 5) is 5.08. The summed E-state index contributed by atoms with van der Waals surface area (Å²) < 4.78 is 6.96. The third-order valence-electron chi connectivity index (χ3n) is 9.65. The van der Waals surface area contributed by atoms with Crippen LogP contribution in [0.5, 0.6) is 0 Å². The van der Waals surface area contributed by atoms with Gasteiger partial charge >= 0.3 is 0 Å². The topological polar surface area (TPSA) is 27.7 Å². The Morgan fingerprint density at radius 1 is 0.756 bits per heavy atom. The lowest BCUT2D eigenvalue weighted by Gasteiger charge is -2.35. The maximum atomic E-state index is 5.73. The lowest BCUT2D eigenvalue weighted by atomic mass is 9.77. The van der Waals surface area contributed by atoms with Crippen molar-refractivity contribution in [3.63, 3.8) is 0 Å². The van der Waals surface area contributed by atoms with E-state index in [2.05, 4.69) is 104 Å². The second kappa shape index (κ2) is 10.6. The molecule has 2 fully saturated rings. The Morgan fingerprint density at radius 3 is 2.46 bits per heavy atom. The molecule has 4 nitrogen and oxygen atoms in total. The first-order valence-corrected chi connectivity index (χ1v) is 16.0. The van der Waals surface area contributed by atoms with Crippen molar-refractivity contribution in [2.45, 2.75) is 25.2 Å². The number of nitrogens with zero attached hydrogens (tertiary/aromatic N) is 2. The highest BCUT2D eigenvalue weighted by atomic mass is 79.9. The predicted molar refractivity (Wildman–Crippen MR) is 176 cm³/mol. The first-order valence-electron chi connectivity index (χ1n) is 15.2. The van der Waals surface area contributed by atoms with Crippen molar-refractivity contribution < 1.29 is 4.74 Å². The average Bonchev–Trinajstić information content (AvgIpc) is 3.04. The Hall–Kier alpha value is -3.12. The molecule has 0 aromatic heterocycles. The number of benzene rings is 5. The van der Waals surface area contributed by atoms with Gasteiger partial charge in [-0.1, -0.05) is 70.5 Å². The van der Waals surface area contributed by atoms with Gasteiger partial charge in [0.25, 0.3) is 0 Å². The fourth-order valence-corrected chi connectivity index (χ4v) is 8.30. The molecule has 0 radical (unpaired) electrons. The fourth-order valence-electron chi connectivity index (χ4n) is 7.60. The molecule has 1 unspecified atom stereocenters. The highest BCUT2D eigenvalue weighted by molar-refractivity contribution is 9.10. The van der Waals surface area contributed by atoms with Gasteiger partial charge in [-0.15, -0.1) is 0 Å². The minimum Gasteiger partial charge on any atom is -0.378 e. The van der Waals surface area contributed by atoms with Gasteiger partial charge in [0.15, 0.2) is 0 Å². The van der Waals surface area contributed by atoms with Crippen molar-refractivity contribution in [2.75, 3.05) is 62.3 Å². The van der Waals surface area contributed by atoms with E-state index < -0.39 is 0 Å². The number of ether oxygens (including phenoxy) is 1. The summed E-state index contributed by atoms with van der Waals surface area (Å²) in [6.07, 6.45) is 3.37. The second-order valence-corrected chi connectivity index (χ2v) is 12.7. The van der Waals surface area contributed by atoms with Crippen LogP contribution in [0.4, 0.5) is 11.4 Å². The molecule has 2 heterocycles. The number of morpholine rings is 1. The van der Waals surface area contributed by atoms with E-state index in [1.54, 1.807) is 0 Å².